The zero-order valence-corrected chi connectivity index (χ0v) is 8.54. The first-order chi connectivity index (χ1) is 6.09. The van der Waals surface area contributed by atoms with Gasteiger partial charge >= 0.3 is 0 Å². The first kappa shape index (κ1) is 14.6. The van der Waals surface area contributed by atoms with E-state index < -0.39 is 0 Å². The van der Waals surface area contributed by atoms with Crippen LogP contribution in [0.15, 0.2) is 12.2 Å². The van der Waals surface area contributed by atoms with E-state index in [1.807, 2.05) is 13.0 Å². The van der Waals surface area contributed by atoms with Crippen molar-refractivity contribution in [3.63, 3.8) is 0 Å². The number of carbonyl (C=O) groups excluding carboxylic acids is 2. The minimum absolute atomic E-state index is 0.174. The molecule has 0 rings (SSSR count). The van der Waals surface area contributed by atoms with Gasteiger partial charge in [0.15, 0.2) is 11.6 Å². The zero-order valence-electron chi connectivity index (χ0n) is 8.54. The molecule has 0 aromatic carbocycles. The van der Waals surface area contributed by atoms with Crippen LogP contribution in [0.25, 0.3) is 0 Å². The van der Waals surface area contributed by atoms with Crippen LogP contribution in [0.2, 0.25) is 0 Å². The monoisotopic (exact) mass is 186 g/mol. The molecule has 76 valence electrons. The first-order valence-corrected chi connectivity index (χ1v) is 4.39. The van der Waals surface area contributed by atoms with Gasteiger partial charge in [-0.05, 0) is 6.42 Å². The number of aliphatic hydroxyl groups is 1. The van der Waals surface area contributed by atoms with Crippen molar-refractivity contribution in [2.75, 3.05) is 6.61 Å². The highest BCUT2D eigenvalue weighted by Crippen LogP contribution is 1.79. The topological polar surface area (TPSA) is 54.4 Å². The highest BCUT2D eigenvalue weighted by Gasteiger charge is 2.00. The Balaban J connectivity index is 0. The Morgan fingerprint density at radius 1 is 1.23 bits per heavy atom. The maximum absolute atomic E-state index is 10.2. The molecular formula is C10H18O3. The van der Waals surface area contributed by atoms with Gasteiger partial charge in [-0.2, -0.15) is 0 Å². The quantitative estimate of drug-likeness (QED) is 0.534. The van der Waals surface area contributed by atoms with E-state index in [-0.39, 0.29) is 18.2 Å². The average Bonchev–Trinajstić information content (AvgIpc) is 2.14. The SMILES string of the molecule is CC/C=C\CO.CCC(=O)C(C)=O. The summed E-state index contributed by atoms with van der Waals surface area (Å²) in [4.78, 5) is 20.2. The van der Waals surface area contributed by atoms with Crippen molar-refractivity contribution >= 4 is 11.6 Å². The van der Waals surface area contributed by atoms with Gasteiger partial charge in [0.2, 0.25) is 0 Å². The number of ketones is 2. The molecule has 0 aliphatic rings. The van der Waals surface area contributed by atoms with Crippen molar-refractivity contribution in [2.45, 2.75) is 33.6 Å². The Bertz CT molecular complexity index is 165. The van der Waals surface area contributed by atoms with E-state index in [1.165, 1.54) is 6.92 Å². The van der Waals surface area contributed by atoms with Gasteiger partial charge in [0.25, 0.3) is 0 Å². The molecule has 0 fully saturated rings. The Kier molecular flexibility index (Phi) is 12.4. The molecule has 0 amide bonds. The van der Waals surface area contributed by atoms with Crippen LogP contribution in [-0.2, 0) is 9.59 Å². The molecule has 0 atom stereocenters. The summed E-state index contributed by atoms with van der Waals surface area (Å²) < 4.78 is 0. The molecule has 0 radical (unpaired) electrons. The molecule has 0 bridgehead atoms. The number of hydrogen-bond donors (Lipinski definition) is 1. The predicted molar refractivity (Wildman–Crippen MR) is 52.5 cm³/mol. The Hall–Kier alpha value is -0.960. The average molecular weight is 186 g/mol. The fourth-order valence-corrected chi connectivity index (χ4v) is 0.490. The zero-order chi connectivity index (χ0) is 10.7. The summed E-state index contributed by atoms with van der Waals surface area (Å²) in [5.74, 6) is -0.637. The van der Waals surface area contributed by atoms with Crippen LogP contribution >= 0.6 is 0 Å². The van der Waals surface area contributed by atoms with Crippen molar-refractivity contribution in [1.82, 2.24) is 0 Å². The molecule has 0 aliphatic heterocycles. The molecule has 0 heterocycles. The first-order valence-electron chi connectivity index (χ1n) is 4.39. The summed E-state index contributed by atoms with van der Waals surface area (Å²) in [6, 6.07) is 0. The lowest BCUT2D eigenvalue weighted by molar-refractivity contribution is -0.135. The summed E-state index contributed by atoms with van der Waals surface area (Å²) in [7, 11) is 0. The van der Waals surface area contributed by atoms with Crippen LogP contribution in [0.5, 0.6) is 0 Å². The minimum Gasteiger partial charge on any atom is -0.392 e. The van der Waals surface area contributed by atoms with Gasteiger partial charge in [-0.15, -0.1) is 0 Å². The number of carbonyl (C=O) groups is 2. The van der Waals surface area contributed by atoms with E-state index in [4.69, 9.17) is 5.11 Å². The van der Waals surface area contributed by atoms with E-state index >= 15 is 0 Å². The minimum atomic E-state index is -0.345. The predicted octanol–water partition coefficient (Wildman–Crippen LogP) is 1.50. The maximum Gasteiger partial charge on any atom is 0.197 e. The van der Waals surface area contributed by atoms with Crippen LogP contribution in [0.1, 0.15) is 33.6 Å². The standard InChI is InChI=1S/C5H8O2.C5H10O/c1-3-5(7)4(2)6;1-2-3-4-5-6/h3H2,1-2H3;3-4,6H,2,5H2,1H3/b;4-3-. The van der Waals surface area contributed by atoms with E-state index in [0.29, 0.717) is 6.42 Å². The molecule has 0 aromatic rings. The molecule has 13 heavy (non-hydrogen) atoms. The largest absolute Gasteiger partial charge is 0.392 e. The molecule has 0 saturated heterocycles. The summed E-state index contributed by atoms with van der Waals surface area (Å²) in [6.45, 7) is 5.16. The Morgan fingerprint density at radius 3 is 1.85 bits per heavy atom. The highest BCUT2D eigenvalue weighted by atomic mass is 16.2. The van der Waals surface area contributed by atoms with E-state index in [9.17, 15) is 9.59 Å². The molecule has 0 unspecified atom stereocenters. The van der Waals surface area contributed by atoms with Crippen LogP contribution in [0, 0.1) is 0 Å². The third kappa shape index (κ3) is 14.0. The molecule has 3 heteroatoms. The smallest absolute Gasteiger partial charge is 0.197 e. The third-order valence-electron chi connectivity index (χ3n) is 1.22. The number of hydrogen-bond acceptors (Lipinski definition) is 3. The maximum atomic E-state index is 10.2. The normalized spacial score (nSPS) is 9.23. The molecule has 0 spiro atoms. The van der Waals surface area contributed by atoms with E-state index in [2.05, 4.69) is 0 Å². The summed E-state index contributed by atoms with van der Waals surface area (Å²) in [5.41, 5.74) is 0. The van der Waals surface area contributed by atoms with Crippen molar-refractivity contribution < 1.29 is 14.7 Å². The third-order valence-corrected chi connectivity index (χ3v) is 1.22. The van der Waals surface area contributed by atoms with E-state index in [0.717, 1.165) is 6.42 Å². The second kappa shape index (κ2) is 11.0. The number of aliphatic hydroxyl groups excluding tert-OH is 1. The van der Waals surface area contributed by atoms with Crippen molar-refractivity contribution in [3.8, 4) is 0 Å². The summed E-state index contributed by atoms with van der Waals surface area (Å²) in [6.07, 6.45) is 5.01. The second-order valence-corrected chi connectivity index (χ2v) is 2.40. The van der Waals surface area contributed by atoms with E-state index in [1.54, 1.807) is 13.0 Å². The number of rotatable bonds is 4. The fourth-order valence-electron chi connectivity index (χ4n) is 0.490. The molecule has 0 saturated carbocycles. The van der Waals surface area contributed by atoms with Crippen molar-refractivity contribution in [3.05, 3.63) is 12.2 Å². The highest BCUT2D eigenvalue weighted by molar-refractivity contribution is 6.36. The van der Waals surface area contributed by atoms with Gasteiger partial charge in [-0.3, -0.25) is 9.59 Å². The van der Waals surface area contributed by atoms with Crippen molar-refractivity contribution in [1.29, 1.82) is 0 Å². The summed E-state index contributed by atoms with van der Waals surface area (Å²) in [5, 5.41) is 8.11. The van der Waals surface area contributed by atoms with Crippen LogP contribution in [0.3, 0.4) is 0 Å². The van der Waals surface area contributed by atoms with Gasteiger partial charge in [0.1, 0.15) is 0 Å². The molecule has 3 nitrogen and oxygen atoms in total. The molecular weight excluding hydrogens is 168 g/mol. The van der Waals surface area contributed by atoms with Gasteiger partial charge in [-0.1, -0.05) is 26.0 Å². The lowest BCUT2D eigenvalue weighted by Gasteiger charge is -1.81. The lowest BCUT2D eigenvalue weighted by Crippen LogP contribution is -2.06. The van der Waals surface area contributed by atoms with Gasteiger partial charge in [0, 0.05) is 13.3 Å². The Labute approximate surface area is 79.5 Å². The lowest BCUT2D eigenvalue weighted by atomic mass is 10.2. The molecule has 0 aromatic heterocycles. The molecule has 1 N–H and O–H groups in total. The van der Waals surface area contributed by atoms with Gasteiger partial charge in [-0.25, -0.2) is 0 Å². The van der Waals surface area contributed by atoms with Gasteiger partial charge < -0.3 is 5.11 Å². The van der Waals surface area contributed by atoms with Gasteiger partial charge in [0.05, 0.1) is 6.61 Å². The number of Topliss-reactive ketones (excluding diaryl/α,β-unsaturated/α-hetero) is 2. The van der Waals surface area contributed by atoms with Crippen molar-refractivity contribution in [2.24, 2.45) is 0 Å². The summed E-state index contributed by atoms with van der Waals surface area (Å²) >= 11 is 0. The van der Waals surface area contributed by atoms with Crippen LogP contribution in [0.4, 0.5) is 0 Å². The fraction of sp³-hybridized carbons (Fsp3) is 0.600. The van der Waals surface area contributed by atoms with Crippen LogP contribution < -0.4 is 0 Å². The molecule has 0 aliphatic carbocycles. The van der Waals surface area contributed by atoms with Crippen LogP contribution in [-0.4, -0.2) is 23.3 Å². The Morgan fingerprint density at radius 2 is 1.77 bits per heavy atom. The number of allylic oxidation sites excluding steroid dienone is 1. The second-order valence-electron chi connectivity index (χ2n) is 2.40.